The van der Waals surface area contributed by atoms with Crippen LogP contribution in [-0.2, 0) is 0 Å². The van der Waals surface area contributed by atoms with Gasteiger partial charge in [-0.25, -0.2) is 9.78 Å². The van der Waals surface area contributed by atoms with Gasteiger partial charge in [-0.2, -0.15) is 0 Å². The summed E-state index contributed by atoms with van der Waals surface area (Å²) >= 11 is 6.08. The van der Waals surface area contributed by atoms with Gasteiger partial charge in [0.15, 0.2) is 0 Å². The fourth-order valence-corrected chi connectivity index (χ4v) is 3.19. The summed E-state index contributed by atoms with van der Waals surface area (Å²) in [4.78, 5) is 19.2. The van der Waals surface area contributed by atoms with Crippen molar-refractivity contribution in [3.63, 3.8) is 0 Å². The number of amides is 2. The molecule has 0 aliphatic carbocycles. The van der Waals surface area contributed by atoms with Gasteiger partial charge in [0.25, 0.3) is 0 Å². The molecule has 5 nitrogen and oxygen atoms in total. The van der Waals surface area contributed by atoms with E-state index in [1.807, 2.05) is 30.3 Å². The number of benzene rings is 2. The van der Waals surface area contributed by atoms with Gasteiger partial charge in [0.2, 0.25) is 0 Å². The number of carbonyl (C=O) groups excluding carboxylic acids is 1. The molecule has 0 aliphatic rings. The van der Waals surface area contributed by atoms with E-state index in [2.05, 4.69) is 42.4 Å². The van der Waals surface area contributed by atoms with Crippen molar-refractivity contribution in [3.8, 4) is 0 Å². The quantitative estimate of drug-likeness (QED) is 0.596. The maximum absolute atomic E-state index is 12.3. The Bertz CT molecular complexity index is 970. The van der Waals surface area contributed by atoms with Crippen LogP contribution < -0.4 is 15.5 Å². The summed E-state index contributed by atoms with van der Waals surface area (Å²) in [5.74, 6) is 0.974. The van der Waals surface area contributed by atoms with Crippen molar-refractivity contribution in [2.45, 2.75) is 20.8 Å². The van der Waals surface area contributed by atoms with E-state index in [0.717, 1.165) is 35.4 Å². The standard InChI is InChI=1S/C21H23ClN4O/c1-4-26(5-2)20-12-14(3)16-13-15(10-11-18(16)24-20)23-21(27)25-19-9-7-6-8-17(19)22/h6-13H,4-5H2,1-3H3,(H2,23,25,27). The minimum Gasteiger partial charge on any atom is -0.357 e. The zero-order valence-corrected chi connectivity index (χ0v) is 16.5. The van der Waals surface area contributed by atoms with Gasteiger partial charge >= 0.3 is 6.03 Å². The van der Waals surface area contributed by atoms with Crippen LogP contribution in [-0.4, -0.2) is 24.1 Å². The molecule has 0 saturated heterocycles. The molecule has 0 unspecified atom stereocenters. The van der Waals surface area contributed by atoms with E-state index in [0.29, 0.717) is 16.4 Å². The van der Waals surface area contributed by atoms with Crippen LogP contribution in [0.1, 0.15) is 19.4 Å². The van der Waals surface area contributed by atoms with Crippen LogP contribution in [0.3, 0.4) is 0 Å². The molecule has 2 N–H and O–H groups in total. The van der Waals surface area contributed by atoms with Crippen molar-refractivity contribution in [1.82, 2.24) is 4.98 Å². The van der Waals surface area contributed by atoms with Gasteiger partial charge in [-0.1, -0.05) is 23.7 Å². The number of hydrogen-bond donors (Lipinski definition) is 2. The summed E-state index contributed by atoms with van der Waals surface area (Å²) in [6.45, 7) is 8.13. The SMILES string of the molecule is CCN(CC)c1cc(C)c2cc(NC(=O)Nc3ccccc3Cl)ccc2n1. The first-order chi connectivity index (χ1) is 13.0. The molecular weight excluding hydrogens is 360 g/mol. The number of nitrogens with zero attached hydrogens (tertiary/aromatic N) is 2. The monoisotopic (exact) mass is 382 g/mol. The molecular formula is C21H23ClN4O. The van der Waals surface area contributed by atoms with Gasteiger partial charge in [0.1, 0.15) is 5.82 Å². The van der Waals surface area contributed by atoms with Crippen LogP contribution >= 0.6 is 11.6 Å². The van der Waals surface area contributed by atoms with Crippen molar-refractivity contribution >= 4 is 45.7 Å². The number of carbonyl (C=O) groups is 1. The first-order valence-corrected chi connectivity index (χ1v) is 9.38. The predicted molar refractivity (Wildman–Crippen MR) is 114 cm³/mol. The normalized spacial score (nSPS) is 10.7. The fraction of sp³-hybridized carbons (Fsp3) is 0.238. The Labute approximate surface area is 164 Å². The number of urea groups is 1. The molecule has 0 radical (unpaired) electrons. The Hall–Kier alpha value is -2.79. The highest BCUT2D eigenvalue weighted by atomic mass is 35.5. The van der Waals surface area contributed by atoms with Crippen LogP contribution in [0.25, 0.3) is 10.9 Å². The summed E-state index contributed by atoms with van der Waals surface area (Å²) in [6.07, 6.45) is 0. The van der Waals surface area contributed by atoms with Crippen LogP contribution in [0.4, 0.5) is 22.0 Å². The number of halogens is 1. The van der Waals surface area contributed by atoms with Gasteiger partial charge in [-0.05, 0) is 62.7 Å². The van der Waals surface area contributed by atoms with Crippen molar-refractivity contribution in [1.29, 1.82) is 0 Å². The summed E-state index contributed by atoms with van der Waals surface area (Å²) in [6, 6.07) is 14.6. The molecule has 27 heavy (non-hydrogen) atoms. The van der Waals surface area contributed by atoms with Crippen molar-refractivity contribution < 1.29 is 4.79 Å². The molecule has 0 fully saturated rings. The molecule has 2 amide bonds. The Morgan fingerprint density at radius 3 is 2.52 bits per heavy atom. The second kappa shape index (κ2) is 8.27. The molecule has 140 valence electrons. The number of aryl methyl sites for hydroxylation is 1. The zero-order valence-electron chi connectivity index (χ0n) is 15.7. The molecule has 3 rings (SSSR count). The minimum atomic E-state index is -0.340. The van der Waals surface area contributed by atoms with Crippen molar-refractivity contribution in [3.05, 3.63) is 59.1 Å². The van der Waals surface area contributed by atoms with E-state index >= 15 is 0 Å². The largest absolute Gasteiger partial charge is 0.357 e. The highest BCUT2D eigenvalue weighted by Gasteiger charge is 2.10. The summed E-state index contributed by atoms with van der Waals surface area (Å²) in [5.41, 5.74) is 3.30. The van der Waals surface area contributed by atoms with E-state index < -0.39 is 0 Å². The minimum absolute atomic E-state index is 0.340. The number of anilines is 3. The topological polar surface area (TPSA) is 57.3 Å². The van der Waals surface area contributed by atoms with Crippen LogP contribution in [0.2, 0.25) is 5.02 Å². The lowest BCUT2D eigenvalue weighted by molar-refractivity contribution is 0.262. The van der Waals surface area contributed by atoms with E-state index in [-0.39, 0.29) is 6.03 Å². The molecule has 0 spiro atoms. The molecule has 0 aliphatic heterocycles. The number of fused-ring (bicyclic) bond motifs is 1. The van der Waals surface area contributed by atoms with E-state index in [4.69, 9.17) is 16.6 Å². The average Bonchev–Trinajstić information content (AvgIpc) is 2.65. The molecule has 6 heteroatoms. The van der Waals surface area contributed by atoms with Crippen LogP contribution in [0.5, 0.6) is 0 Å². The zero-order chi connectivity index (χ0) is 19.4. The van der Waals surface area contributed by atoms with E-state index in [1.165, 1.54) is 0 Å². The van der Waals surface area contributed by atoms with Gasteiger partial charge in [0, 0.05) is 24.2 Å². The van der Waals surface area contributed by atoms with Gasteiger partial charge < -0.3 is 15.5 Å². The lowest BCUT2D eigenvalue weighted by Crippen LogP contribution is -2.23. The smallest absolute Gasteiger partial charge is 0.323 e. The maximum atomic E-state index is 12.3. The Balaban J connectivity index is 1.82. The molecule has 1 heterocycles. The fourth-order valence-electron chi connectivity index (χ4n) is 3.01. The lowest BCUT2D eigenvalue weighted by Gasteiger charge is -2.21. The highest BCUT2D eigenvalue weighted by Crippen LogP contribution is 2.26. The Kier molecular flexibility index (Phi) is 5.81. The van der Waals surface area contributed by atoms with Crippen LogP contribution in [0.15, 0.2) is 48.5 Å². The van der Waals surface area contributed by atoms with Gasteiger partial charge in [-0.15, -0.1) is 0 Å². The van der Waals surface area contributed by atoms with Crippen molar-refractivity contribution in [2.75, 3.05) is 28.6 Å². The molecule has 2 aromatic carbocycles. The highest BCUT2D eigenvalue weighted by molar-refractivity contribution is 6.33. The predicted octanol–water partition coefficient (Wildman–Crippen LogP) is 5.69. The van der Waals surface area contributed by atoms with Crippen molar-refractivity contribution in [2.24, 2.45) is 0 Å². The second-order valence-corrected chi connectivity index (χ2v) is 6.67. The summed E-state index contributed by atoms with van der Waals surface area (Å²) in [7, 11) is 0. The third-order valence-electron chi connectivity index (χ3n) is 4.47. The van der Waals surface area contributed by atoms with Gasteiger partial charge in [0.05, 0.1) is 16.2 Å². The average molecular weight is 383 g/mol. The number of nitrogens with one attached hydrogen (secondary N) is 2. The molecule has 1 aromatic heterocycles. The number of para-hydroxylation sites is 1. The number of pyridine rings is 1. The Morgan fingerprint density at radius 2 is 1.81 bits per heavy atom. The maximum Gasteiger partial charge on any atom is 0.323 e. The van der Waals surface area contributed by atoms with Crippen LogP contribution in [0, 0.1) is 6.92 Å². The molecule has 0 bridgehead atoms. The van der Waals surface area contributed by atoms with E-state index in [9.17, 15) is 4.79 Å². The molecule has 0 atom stereocenters. The lowest BCUT2D eigenvalue weighted by atomic mass is 10.1. The Morgan fingerprint density at radius 1 is 1.07 bits per heavy atom. The second-order valence-electron chi connectivity index (χ2n) is 6.26. The molecule has 0 saturated carbocycles. The third kappa shape index (κ3) is 4.31. The third-order valence-corrected chi connectivity index (χ3v) is 4.80. The number of aromatic nitrogens is 1. The summed E-state index contributed by atoms with van der Waals surface area (Å²) in [5, 5.41) is 7.12. The van der Waals surface area contributed by atoms with Gasteiger partial charge in [-0.3, -0.25) is 0 Å². The first-order valence-electron chi connectivity index (χ1n) is 9.00. The summed E-state index contributed by atoms with van der Waals surface area (Å²) < 4.78 is 0. The first kappa shape index (κ1) is 19.0. The molecule has 3 aromatic rings. The number of hydrogen-bond acceptors (Lipinski definition) is 3. The van der Waals surface area contributed by atoms with E-state index in [1.54, 1.807) is 12.1 Å². The number of rotatable bonds is 5.